The molecule has 0 aliphatic carbocycles. The van der Waals surface area contributed by atoms with Crippen molar-refractivity contribution in [1.29, 1.82) is 0 Å². The average Bonchev–Trinajstić information content (AvgIpc) is 2.69. The summed E-state index contributed by atoms with van der Waals surface area (Å²) in [7, 11) is 0. The maximum Gasteiger partial charge on any atom is 0.107 e. The first-order valence-electron chi connectivity index (χ1n) is 4.87. The number of rotatable bonds is 8. The Balaban J connectivity index is 2.20. The lowest BCUT2D eigenvalue weighted by molar-refractivity contribution is 0.0854. The van der Waals surface area contributed by atoms with Crippen LogP contribution in [0.1, 0.15) is 0 Å². The molecule has 15 heavy (non-hydrogen) atoms. The predicted octanol–water partition coefficient (Wildman–Crippen LogP) is 0.273. The zero-order chi connectivity index (χ0) is 10.9. The van der Waals surface area contributed by atoms with Gasteiger partial charge in [-0.15, -0.1) is 0 Å². The number of anilines is 1. The van der Waals surface area contributed by atoms with Crippen LogP contribution in [0.5, 0.6) is 0 Å². The average molecular weight is 217 g/mol. The number of alkyl halides is 1. The SMILES string of the molecule is OCCOCCn1cc(NCCF)cn1. The number of nitrogens with one attached hydrogen (secondary N) is 1. The number of ether oxygens (including phenoxy) is 1. The van der Waals surface area contributed by atoms with Gasteiger partial charge in [0, 0.05) is 12.7 Å². The molecule has 0 saturated carbocycles. The smallest absolute Gasteiger partial charge is 0.107 e. The first kappa shape index (κ1) is 11.9. The van der Waals surface area contributed by atoms with E-state index in [9.17, 15) is 4.39 Å². The molecule has 0 atom stereocenters. The van der Waals surface area contributed by atoms with Gasteiger partial charge in [0.25, 0.3) is 0 Å². The summed E-state index contributed by atoms with van der Waals surface area (Å²) in [4.78, 5) is 0. The molecule has 0 amide bonds. The lowest BCUT2D eigenvalue weighted by Gasteiger charge is -2.02. The van der Waals surface area contributed by atoms with Crippen molar-refractivity contribution >= 4 is 5.69 Å². The van der Waals surface area contributed by atoms with Gasteiger partial charge in [-0.25, -0.2) is 4.39 Å². The van der Waals surface area contributed by atoms with Crippen molar-refractivity contribution in [2.45, 2.75) is 6.54 Å². The molecular weight excluding hydrogens is 201 g/mol. The van der Waals surface area contributed by atoms with Crippen LogP contribution in [-0.2, 0) is 11.3 Å². The van der Waals surface area contributed by atoms with Gasteiger partial charge in [0.1, 0.15) is 6.67 Å². The molecule has 0 saturated heterocycles. The Morgan fingerprint density at radius 2 is 2.40 bits per heavy atom. The number of aliphatic hydroxyl groups excluding tert-OH is 1. The Morgan fingerprint density at radius 3 is 3.13 bits per heavy atom. The molecule has 0 aliphatic rings. The van der Waals surface area contributed by atoms with Crippen LogP contribution in [0.3, 0.4) is 0 Å². The summed E-state index contributed by atoms with van der Waals surface area (Å²) >= 11 is 0. The van der Waals surface area contributed by atoms with Crippen LogP contribution in [-0.4, -0.2) is 47.9 Å². The van der Waals surface area contributed by atoms with Crippen molar-refractivity contribution < 1.29 is 14.2 Å². The molecule has 0 fully saturated rings. The summed E-state index contributed by atoms with van der Waals surface area (Å²) in [5.41, 5.74) is 0.801. The minimum absolute atomic E-state index is 0.0302. The first-order valence-corrected chi connectivity index (χ1v) is 4.87. The predicted molar refractivity (Wildman–Crippen MR) is 54.6 cm³/mol. The molecule has 1 rings (SSSR count). The Hall–Kier alpha value is -1.14. The third-order valence-corrected chi connectivity index (χ3v) is 1.76. The van der Waals surface area contributed by atoms with Crippen molar-refractivity contribution in [2.24, 2.45) is 0 Å². The highest BCUT2D eigenvalue weighted by atomic mass is 19.1. The van der Waals surface area contributed by atoms with E-state index in [0.717, 1.165) is 5.69 Å². The molecule has 0 spiro atoms. The highest BCUT2D eigenvalue weighted by Gasteiger charge is 1.97. The second kappa shape index (κ2) is 7.19. The highest BCUT2D eigenvalue weighted by Crippen LogP contribution is 2.03. The van der Waals surface area contributed by atoms with E-state index in [2.05, 4.69) is 10.4 Å². The molecule has 5 nitrogen and oxygen atoms in total. The van der Waals surface area contributed by atoms with E-state index in [1.54, 1.807) is 17.1 Å². The molecule has 2 N–H and O–H groups in total. The van der Waals surface area contributed by atoms with Gasteiger partial charge < -0.3 is 15.2 Å². The molecule has 1 aromatic heterocycles. The fourth-order valence-corrected chi connectivity index (χ4v) is 1.09. The van der Waals surface area contributed by atoms with Gasteiger partial charge in [-0.1, -0.05) is 0 Å². The van der Waals surface area contributed by atoms with Gasteiger partial charge in [-0.05, 0) is 0 Å². The summed E-state index contributed by atoms with van der Waals surface area (Å²) in [6.45, 7) is 1.40. The van der Waals surface area contributed by atoms with Crippen molar-refractivity contribution in [1.82, 2.24) is 9.78 Å². The summed E-state index contributed by atoms with van der Waals surface area (Å²) in [6, 6.07) is 0. The van der Waals surface area contributed by atoms with Gasteiger partial charge in [0.05, 0.1) is 38.2 Å². The molecule has 0 aromatic carbocycles. The molecule has 6 heteroatoms. The Kier molecular flexibility index (Phi) is 5.72. The van der Waals surface area contributed by atoms with Crippen LogP contribution < -0.4 is 5.32 Å². The van der Waals surface area contributed by atoms with Gasteiger partial charge in [0.15, 0.2) is 0 Å². The van der Waals surface area contributed by atoms with Gasteiger partial charge in [-0.2, -0.15) is 5.10 Å². The van der Waals surface area contributed by atoms with E-state index in [4.69, 9.17) is 9.84 Å². The quantitative estimate of drug-likeness (QED) is 0.614. The second-order valence-corrected chi connectivity index (χ2v) is 2.94. The van der Waals surface area contributed by atoms with Crippen LogP contribution in [0, 0.1) is 0 Å². The third-order valence-electron chi connectivity index (χ3n) is 1.76. The highest BCUT2D eigenvalue weighted by molar-refractivity contribution is 5.37. The second-order valence-electron chi connectivity index (χ2n) is 2.94. The fourth-order valence-electron chi connectivity index (χ4n) is 1.09. The molecule has 86 valence electrons. The summed E-state index contributed by atoms with van der Waals surface area (Å²) in [6.07, 6.45) is 3.43. The summed E-state index contributed by atoms with van der Waals surface area (Å²) in [5.74, 6) is 0. The minimum atomic E-state index is -0.398. The maximum atomic E-state index is 11.8. The van der Waals surface area contributed by atoms with E-state index >= 15 is 0 Å². The lowest BCUT2D eigenvalue weighted by Crippen LogP contribution is -2.08. The minimum Gasteiger partial charge on any atom is -0.394 e. The monoisotopic (exact) mass is 217 g/mol. The standard InChI is InChI=1S/C9H16FN3O2/c10-1-2-11-9-7-12-13(8-9)3-5-15-6-4-14/h7-8,11,14H,1-6H2. The zero-order valence-corrected chi connectivity index (χ0v) is 8.53. The fraction of sp³-hybridized carbons (Fsp3) is 0.667. The molecule has 0 radical (unpaired) electrons. The Bertz CT molecular complexity index is 268. The normalized spacial score (nSPS) is 10.5. The molecular formula is C9H16FN3O2. The summed E-state index contributed by atoms with van der Waals surface area (Å²) < 4.78 is 18.6. The van der Waals surface area contributed by atoms with E-state index in [1.165, 1.54) is 0 Å². The van der Waals surface area contributed by atoms with Crippen LogP contribution in [0.2, 0.25) is 0 Å². The van der Waals surface area contributed by atoms with Crippen molar-refractivity contribution in [3.05, 3.63) is 12.4 Å². The topological polar surface area (TPSA) is 59.3 Å². The maximum absolute atomic E-state index is 11.8. The van der Waals surface area contributed by atoms with E-state index in [1.807, 2.05) is 0 Å². The number of halogens is 1. The molecule has 1 heterocycles. The Morgan fingerprint density at radius 1 is 1.53 bits per heavy atom. The van der Waals surface area contributed by atoms with Gasteiger partial charge in [-0.3, -0.25) is 4.68 Å². The molecule has 0 unspecified atom stereocenters. The van der Waals surface area contributed by atoms with Gasteiger partial charge >= 0.3 is 0 Å². The number of nitrogens with zero attached hydrogens (tertiary/aromatic N) is 2. The number of aromatic nitrogens is 2. The first-order chi connectivity index (χ1) is 7.36. The summed E-state index contributed by atoms with van der Waals surface area (Å²) in [5, 5.41) is 15.4. The van der Waals surface area contributed by atoms with Gasteiger partial charge in [0.2, 0.25) is 0 Å². The third kappa shape index (κ3) is 4.75. The lowest BCUT2D eigenvalue weighted by atomic mass is 10.5. The zero-order valence-electron chi connectivity index (χ0n) is 8.53. The van der Waals surface area contributed by atoms with E-state index in [-0.39, 0.29) is 6.61 Å². The van der Waals surface area contributed by atoms with Crippen LogP contribution >= 0.6 is 0 Å². The Labute approximate surface area is 87.9 Å². The van der Waals surface area contributed by atoms with Crippen molar-refractivity contribution in [2.75, 3.05) is 38.4 Å². The largest absolute Gasteiger partial charge is 0.394 e. The molecule has 1 aromatic rings. The molecule has 0 aliphatic heterocycles. The van der Waals surface area contributed by atoms with Crippen LogP contribution in [0.15, 0.2) is 12.4 Å². The van der Waals surface area contributed by atoms with E-state index < -0.39 is 6.67 Å². The van der Waals surface area contributed by atoms with Crippen molar-refractivity contribution in [3.63, 3.8) is 0 Å². The van der Waals surface area contributed by atoms with Crippen molar-refractivity contribution in [3.8, 4) is 0 Å². The van der Waals surface area contributed by atoms with Crippen LogP contribution in [0.4, 0.5) is 10.1 Å². The van der Waals surface area contributed by atoms with Crippen LogP contribution in [0.25, 0.3) is 0 Å². The van der Waals surface area contributed by atoms with E-state index in [0.29, 0.717) is 26.3 Å². The number of aliphatic hydroxyl groups is 1. The number of hydrogen-bond donors (Lipinski definition) is 2. The number of hydrogen-bond acceptors (Lipinski definition) is 4. The molecule has 0 bridgehead atoms.